The number of esters is 1. The Morgan fingerprint density at radius 1 is 1.18 bits per heavy atom. The molecule has 1 atom stereocenters. The van der Waals surface area contributed by atoms with Crippen molar-refractivity contribution < 1.29 is 23.5 Å². The highest BCUT2D eigenvalue weighted by Gasteiger charge is 2.38. The Morgan fingerprint density at radius 3 is 2.71 bits per heavy atom. The van der Waals surface area contributed by atoms with E-state index in [1.165, 1.54) is 34.4 Å². The number of nitrogens with zero attached hydrogens (tertiary/aromatic N) is 9. The number of ether oxygens (including phenoxy) is 2. The number of carbonyl (C=O) groups is 2. The van der Waals surface area contributed by atoms with E-state index in [2.05, 4.69) is 38.0 Å². The van der Waals surface area contributed by atoms with Crippen molar-refractivity contribution in [3.8, 4) is 11.4 Å². The number of amidine groups is 1. The first-order chi connectivity index (χ1) is 21.7. The number of aliphatic imine (C=N–C) groups is 2. The van der Waals surface area contributed by atoms with Gasteiger partial charge in [-0.25, -0.2) is 18.7 Å². The number of allylic oxidation sites excluding steroid dienone is 2. The summed E-state index contributed by atoms with van der Waals surface area (Å²) in [4.78, 5) is 35.4. The zero-order valence-electron chi connectivity index (χ0n) is 25.6. The van der Waals surface area contributed by atoms with Crippen LogP contribution in [0.3, 0.4) is 0 Å². The molecule has 3 aliphatic rings. The minimum absolute atomic E-state index is 0.0254. The predicted molar refractivity (Wildman–Crippen MR) is 161 cm³/mol. The van der Waals surface area contributed by atoms with Crippen LogP contribution in [0.5, 0.6) is 5.75 Å². The van der Waals surface area contributed by atoms with E-state index >= 15 is 4.39 Å². The summed E-state index contributed by atoms with van der Waals surface area (Å²) >= 11 is 0. The molecule has 2 aliphatic carbocycles. The number of ketones is 1. The Hall–Kier alpha value is -4.88. The summed E-state index contributed by atoms with van der Waals surface area (Å²) in [6, 6.07) is 2.89. The molecular weight excluding hydrogens is 581 g/mol. The van der Waals surface area contributed by atoms with Crippen molar-refractivity contribution in [1.82, 2.24) is 35.2 Å². The zero-order chi connectivity index (χ0) is 31.7. The molecule has 45 heavy (non-hydrogen) atoms. The van der Waals surface area contributed by atoms with Crippen molar-refractivity contribution in [3.05, 3.63) is 65.0 Å². The van der Waals surface area contributed by atoms with Gasteiger partial charge in [-0.3, -0.25) is 14.6 Å². The molecule has 6 rings (SSSR count). The first-order valence-corrected chi connectivity index (χ1v) is 14.9. The molecule has 0 spiro atoms. The molecule has 0 saturated heterocycles. The third-order valence-electron chi connectivity index (χ3n) is 8.08. The minimum atomic E-state index is -0.717. The van der Waals surface area contributed by atoms with Gasteiger partial charge in [0.1, 0.15) is 30.4 Å². The van der Waals surface area contributed by atoms with Crippen LogP contribution in [-0.2, 0) is 22.5 Å². The molecule has 234 valence electrons. The first kappa shape index (κ1) is 30.2. The summed E-state index contributed by atoms with van der Waals surface area (Å²) in [6.07, 6.45) is 10.0. The quantitative estimate of drug-likeness (QED) is 0.207. The number of aromatic nitrogens is 7. The maximum atomic E-state index is 15.2. The molecule has 1 fully saturated rings. The second kappa shape index (κ2) is 12.3. The Labute approximate surface area is 258 Å². The van der Waals surface area contributed by atoms with Gasteiger partial charge in [0.05, 0.1) is 36.7 Å². The van der Waals surface area contributed by atoms with E-state index in [0.717, 1.165) is 24.1 Å². The maximum Gasteiger partial charge on any atom is 0.311 e. The van der Waals surface area contributed by atoms with E-state index < -0.39 is 11.2 Å². The van der Waals surface area contributed by atoms with Crippen molar-refractivity contribution in [2.75, 3.05) is 13.7 Å². The van der Waals surface area contributed by atoms with Gasteiger partial charge in [0.2, 0.25) is 0 Å². The Morgan fingerprint density at radius 2 is 2.00 bits per heavy atom. The number of Topliss-reactive ketones (excluding diaryl/α,β-unsaturated/α-hetero) is 1. The smallest absolute Gasteiger partial charge is 0.311 e. The van der Waals surface area contributed by atoms with Crippen molar-refractivity contribution >= 4 is 23.3 Å². The van der Waals surface area contributed by atoms with Crippen LogP contribution in [0, 0.1) is 17.2 Å². The fraction of sp³-hybridized carbons (Fsp3) is 0.452. The van der Waals surface area contributed by atoms with Crippen LogP contribution in [0.4, 0.5) is 4.39 Å². The average molecular weight is 616 g/mol. The molecule has 1 unspecified atom stereocenters. The Balaban J connectivity index is 1.15. The van der Waals surface area contributed by atoms with Gasteiger partial charge in [0, 0.05) is 12.0 Å². The molecule has 0 amide bonds. The molecule has 1 aromatic carbocycles. The molecule has 14 heteroatoms. The van der Waals surface area contributed by atoms with Gasteiger partial charge in [-0.1, -0.05) is 17.4 Å². The predicted octanol–water partition coefficient (Wildman–Crippen LogP) is 3.69. The van der Waals surface area contributed by atoms with E-state index in [-0.39, 0.29) is 54.2 Å². The topological polar surface area (TPSA) is 152 Å². The lowest BCUT2D eigenvalue weighted by Gasteiger charge is -2.26. The van der Waals surface area contributed by atoms with Gasteiger partial charge < -0.3 is 9.47 Å². The largest absolute Gasteiger partial charge is 0.494 e. The standard InChI is InChI=1S/C31H34FN9O4/c1-5-45-30(43)31(2,3)14-20-12-19(18-6-7-18)13-22-29(20)35-27(34-22)16-40-15-23(36-38-40)25(42)10-8-21-24(41-17-33-37-39-41)9-11-26(44-4)28(21)32/h9,11-13,15,17-18,22H,5-8,10,14,16H2,1-4H3. The molecule has 13 nitrogen and oxygen atoms in total. The first-order valence-electron chi connectivity index (χ1n) is 14.9. The summed E-state index contributed by atoms with van der Waals surface area (Å²) in [6.45, 7) is 6.12. The van der Waals surface area contributed by atoms with Crippen LogP contribution in [0.15, 0.2) is 57.9 Å². The number of hydrogen-bond donors (Lipinski definition) is 0. The number of hydrogen-bond acceptors (Lipinski definition) is 11. The van der Waals surface area contributed by atoms with Gasteiger partial charge >= 0.3 is 5.97 Å². The number of fused-ring (bicyclic) bond motifs is 1. The normalized spacial score (nSPS) is 17.7. The van der Waals surface area contributed by atoms with Gasteiger partial charge in [-0.05, 0) is 86.1 Å². The maximum absolute atomic E-state index is 15.2. The highest BCUT2D eigenvalue weighted by molar-refractivity contribution is 6.16. The highest BCUT2D eigenvalue weighted by Crippen LogP contribution is 2.42. The summed E-state index contributed by atoms with van der Waals surface area (Å²) in [5.74, 6) is -0.00408. The van der Waals surface area contributed by atoms with E-state index in [1.807, 2.05) is 13.8 Å². The number of benzene rings is 1. The Bertz CT molecular complexity index is 1750. The zero-order valence-corrected chi connectivity index (χ0v) is 25.6. The number of tetrazole rings is 1. The Kier molecular flexibility index (Phi) is 8.21. The third-order valence-corrected chi connectivity index (χ3v) is 8.08. The van der Waals surface area contributed by atoms with Crippen LogP contribution in [0.25, 0.3) is 5.69 Å². The van der Waals surface area contributed by atoms with Gasteiger partial charge in [-0.2, -0.15) is 0 Å². The van der Waals surface area contributed by atoms with E-state index in [1.54, 1.807) is 19.2 Å². The van der Waals surface area contributed by atoms with Crippen LogP contribution >= 0.6 is 0 Å². The van der Waals surface area contributed by atoms with Gasteiger partial charge in [0.25, 0.3) is 0 Å². The molecular formula is C31H34FN9O4. The number of rotatable bonds is 13. The molecule has 1 aliphatic heterocycles. The average Bonchev–Trinajstić information content (AvgIpc) is 3.35. The van der Waals surface area contributed by atoms with Crippen molar-refractivity contribution in [2.45, 2.75) is 65.5 Å². The van der Waals surface area contributed by atoms with Gasteiger partial charge in [0.15, 0.2) is 17.3 Å². The lowest BCUT2D eigenvalue weighted by molar-refractivity contribution is -0.153. The summed E-state index contributed by atoms with van der Waals surface area (Å²) in [5.41, 5.74) is 3.14. The molecule has 0 radical (unpaired) electrons. The molecule has 3 aromatic rings. The molecule has 2 aromatic heterocycles. The summed E-state index contributed by atoms with van der Waals surface area (Å²) in [7, 11) is 1.38. The molecule has 3 heterocycles. The van der Waals surface area contributed by atoms with Crippen LogP contribution < -0.4 is 4.74 Å². The van der Waals surface area contributed by atoms with E-state index in [0.29, 0.717) is 30.5 Å². The number of methoxy groups -OCH3 is 1. The second-order valence-electron chi connectivity index (χ2n) is 11.9. The minimum Gasteiger partial charge on any atom is -0.494 e. The monoisotopic (exact) mass is 615 g/mol. The SMILES string of the molecule is CCOC(=O)C(C)(C)CC1=CC(C2CC2)=CC2N=C(Cn3cc(C(=O)CCc4c(-n5cnnn5)ccc(OC)c4F)nn3)N=C12. The van der Waals surface area contributed by atoms with Crippen LogP contribution in [0.1, 0.15) is 62.5 Å². The summed E-state index contributed by atoms with van der Waals surface area (Å²) in [5, 5.41) is 19.3. The fourth-order valence-electron chi connectivity index (χ4n) is 5.59. The fourth-order valence-corrected chi connectivity index (χ4v) is 5.59. The van der Waals surface area contributed by atoms with Crippen LogP contribution in [-0.4, -0.2) is 78.3 Å². The van der Waals surface area contributed by atoms with Gasteiger partial charge in [-0.15, -0.1) is 10.2 Å². The number of carbonyl (C=O) groups excluding carboxylic acids is 2. The van der Waals surface area contributed by atoms with Crippen molar-refractivity contribution in [1.29, 1.82) is 0 Å². The van der Waals surface area contributed by atoms with Crippen LogP contribution in [0.2, 0.25) is 0 Å². The highest BCUT2D eigenvalue weighted by atomic mass is 19.1. The third kappa shape index (κ3) is 6.35. The van der Waals surface area contributed by atoms with E-state index in [4.69, 9.17) is 19.5 Å². The molecule has 0 N–H and O–H groups in total. The lowest BCUT2D eigenvalue weighted by Crippen LogP contribution is -2.31. The van der Waals surface area contributed by atoms with E-state index in [9.17, 15) is 9.59 Å². The number of halogens is 1. The molecule has 0 bridgehead atoms. The lowest BCUT2D eigenvalue weighted by atomic mass is 9.80. The summed E-state index contributed by atoms with van der Waals surface area (Å²) < 4.78 is 28.5. The van der Waals surface area contributed by atoms with Crippen molar-refractivity contribution in [3.63, 3.8) is 0 Å². The second-order valence-corrected chi connectivity index (χ2v) is 11.9. The molecule has 1 saturated carbocycles. The van der Waals surface area contributed by atoms with Crippen molar-refractivity contribution in [2.24, 2.45) is 21.3 Å².